The normalized spacial score (nSPS) is 16.0. The molecule has 0 radical (unpaired) electrons. The highest BCUT2D eigenvalue weighted by molar-refractivity contribution is 7.18. The molecule has 2 heterocycles. The van der Waals surface area contributed by atoms with Gasteiger partial charge < -0.3 is 5.11 Å². The number of aromatic hydroxyl groups is 1. The average molecular weight is 447 g/mol. The second-order valence-electron chi connectivity index (χ2n) is 8.22. The lowest BCUT2D eigenvalue weighted by Crippen LogP contribution is -2.30. The van der Waals surface area contributed by atoms with Gasteiger partial charge in [0.05, 0.1) is 17.9 Å². The van der Waals surface area contributed by atoms with Gasteiger partial charge >= 0.3 is 0 Å². The first-order chi connectivity index (χ1) is 15.5. The summed E-state index contributed by atoms with van der Waals surface area (Å²) in [5.74, 6) is 0.244. The van der Waals surface area contributed by atoms with Crippen LogP contribution in [0.4, 0.5) is 0 Å². The Morgan fingerprint density at radius 1 is 1.34 bits per heavy atom. The zero-order valence-electron chi connectivity index (χ0n) is 17.5. The fourth-order valence-electron chi connectivity index (χ4n) is 4.26. The third-order valence-electron chi connectivity index (χ3n) is 5.93. The van der Waals surface area contributed by atoms with Crippen LogP contribution in [0.5, 0.6) is 5.75 Å². The van der Waals surface area contributed by atoms with E-state index in [4.69, 9.17) is 0 Å². The van der Waals surface area contributed by atoms with Crippen molar-refractivity contribution in [2.45, 2.75) is 32.7 Å². The van der Waals surface area contributed by atoms with E-state index in [-0.39, 0.29) is 17.9 Å². The van der Waals surface area contributed by atoms with E-state index in [0.717, 1.165) is 40.4 Å². The Hall–Kier alpha value is -3.52. The highest BCUT2D eigenvalue weighted by Gasteiger charge is 2.23. The summed E-state index contributed by atoms with van der Waals surface area (Å²) in [6.45, 7) is 2.05. The van der Waals surface area contributed by atoms with Gasteiger partial charge in [0, 0.05) is 10.4 Å². The van der Waals surface area contributed by atoms with Gasteiger partial charge in [0.1, 0.15) is 17.1 Å². The quantitative estimate of drug-likeness (QED) is 0.370. The number of fused-ring (bicyclic) bond motifs is 4. The largest absolute Gasteiger partial charge is 0.507 e. The lowest BCUT2D eigenvalue weighted by molar-refractivity contribution is -0.121. The topological polar surface area (TPSA) is 96.6 Å². The molecule has 1 aliphatic rings. The van der Waals surface area contributed by atoms with E-state index in [1.165, 1.54) is 22.0 Å². The maximum atomic E-state index is 13.0. The highest BCUT2D eigenvalue weighted by atomic mass is 32.1. The number of nitrogens with one attached hydrogen (secondary N) is 1. The number of phenolic OH excluding ortho intramolecular Hbond substituents is 1. The molecule has 4 aromatic rings. The Bertz CT molecular complexity index is 1440. The number of aromatic nitrogens is 2. The number of aryl methyl sites for hydroxylation is 1. The number of rotatable bonds is 4. The third-order valence-corrected chi connectivity index (χ3v) is 7.09. The molecule has 0 spiro atoms. The SMILES string of the molecule is CC1CCc2c(sc3ncn(CC(=O)N/N=C/c4c(O)ccc5ccccc45)c(=O)c23)C1. The van der Waals surface area contributed by atoms with Crippen LogP contribution >= 0.6 is 11.3 Å². The molecule has 2 aromatic carbocycles. The molecule has 0 bridgehead atoms. The number of carbonyl (C=O) groups is 1. The van der Waals surface area contributed by atoms with Crippen molar-refractivity contribution in [3.05, 3.63) is 69.1 Å². The lowest BCUT2D eigenvalue weighted by atomic mass is 9.89. The van der Waals surface area contributed by atoms with Gasteiger partial charge in [0.15, 0.2) is 0 Å². The third kappa shape index (κ3) is 3.67. The van der Waals surface area contributed by atoms with Crippen molar-refractivity contribution in [1.82, 2.24) is 15.0 Å². The maximum Gasteiger partial charge on any atom is 0.262 e. The summed E-state index contributed by atoms with van der Waals surface area (Å²) in [5, 5.41) is 16.6. The molecular formula is C24H22N4O3S. The number of phenols is 1. The van der Waals surface area contributed by atoms with Gasteiger partial charge in [-0.25, -0.2) is 10.4 Å². The van der Waals surface area contributed by atoms with Crippen LogP contribution in [0.3, 0.4) is 0 Å². The van der Waals surface area contributed by atoms with Crippen molar-refractivity contribution >= 4 is 44.4 Å². The van der Waals surface area contributed by atoms with E-state index < -0.39 is 5.91 Å². The molecule has 8 heteroatoms. The van der Waals surface area contributed by atoms with E-state index in [0.29, 0.717) is 16.9 Å². The van der Waals surface area contributed by atoms with Gasteiger partial charge in [-0.1, -0.05) is 37.3 Å². The van der Waals surface area contributed by atoms with E-state index >= 15 is 0 Å². The molecule has 0 saturated carbocycles. The van der Waals surface area contributed by atoms with Crippen LogP contribution in [-0.4, -0.2) is 26.8 Å². The number of carbonyl (C=O) groups excluding carboxylic acids is 1. The average Bonchev–Trinajstić information content (AvgIpc) is 3.15. The van der Waals surface area contributed by atoms with Gasteiger partial charge in [-0.05, 0) is 47.6 Å². The van der Waals surface area contributed by atoms with Crippen LogP contribution < -0.4 is 11.0 Å². The number of hydrogen-bond donors (Lipinski definition) is 2. The number of nitrogens with zero attached hydrogens (tertiary/aromatic N) is 3. The first-order valence-electron chi connectivity index (χ1n) is 10.5. The number of hydrogen-bond acceptors (Lipinski definition) is 6. The minimum absolute atomic E-state index is 0.0733. The Kier molecular flexibility index (Phi) is 5.22. The zero-order chi connectivity index (χ0) is 22.2. The fraction of sp³-hybridized carbons (Fsp3) is 0.250. The van der Waals surface area contributed by atoms with Crippen molar-refractivity contribution in [2.75, 3.05) is 0 Å². The molecule has 162 valence electrons. The molecule has 2 aromatic heterocycles. The van der Waals surface area contributed by atoms with Crippen LogP contribution in [0.25, 0.3) is 21.0 Å². The minimum Gasteiger partial charge on any atom is -0.507 e. The Balaban J connectivity index is 1.36. The fourth-order valence-corrected chi connectivity index (χ4v) is 5.60. The van der Waals surface area contributed by atoms with Gasteiger partial charge in [0.2, 0.25) is 0 Å². The molecule has 1 unspecified atom stereocenters. The number of benzene rings is 2. The molecule has 7 nitrogen and oxygen atoms in total. The minimum atomic E-state index is -0.443. The first kappa shape index (κ1) is 20.4. The Labute approximate surface area is 188 Å². The smallest absolute Gasteiger partial charge is 0.262 e. The summed E-state index contributed by atoms with van der Waals surface area (Å²) < 4.78 is 1.33. The van der Waals surface area contributed by atoms with E-state index in [9.17, 15) is 14.7 Å². The van der Waals surface area contributed by atoms with Crippen molar-refractivity contribution in [2.24, 2.45) is 11.0 Å². The van der Waals surface area contributed by atoms with Crippen LogP contribution in [-0.2, 0) is 24.2 Å². The summed E-state index contributed by atoms with van der Waals surface area (Å²) in [6.07, 6.45) is 5.75. The highest BCUT2D eigenvalue weighted by Crippen LogP contribution is 2.35. The summed E-state index contributed by atoms with van der Waals surface area (Å²) in [4.78, 5) is 31.9. The van der Waals surface area contributed by atoms with Crippen molar-refractivity contribution in [3.8, 4) is 5.75 Å². The predicted octanol–water partition coefficient (Wildman–Crippen LogP) is 3.59. The second-order valence-corrected chi connectivity index (χ2v) is 9.31. The molecule has 5 rings (SSSR count). The monoisotopic (exact) mass is 446 g/mol. The van der Waals surface area contributed by atoms with Crippen LogP contribution in [0.15, 0.2) is 52.6 Å². The van der Waals surface area contributed by atoms with Crippen molar-refractivity contribution in [3.63, 3.8) is 0 Å². The molecule has 1 amide bonds. The molecule has 0 fully saturated rings. The van der Waals surface area contributed by atoms with Gasteiger partial charge in [-0.15, -0.1) is 11.3 Å². The maximum absolute atomic E-state index is 13.0. The molecule has 0 saturated heterocycles. The standard InChI is InChI=1S/C24H22N4O3S/c1-14-6-8-17-20(10-14)32-23-22(17)24(31)28(13-25-23)12-21(30)27-26-11-18-16-5-3-2-4-15(16)7-9-19(18)29/h2-5,7,9,11,13-14,29H,6,8,10,12H2,1H3,(H,27,30)/b26-11+. The molecule has 0 aliphatic heterocycles. The van der Waals surface area contributed by atoms with Gasteiger partial charge in [0.25, 0.3) is 11.5 Å². The van der Waals surface area contributed by atoms with Crippen molar-refractivity contribution in [1.29, 1.82) is 0 Å². The van der Waals surface area contributed by atoms with E-state index in [2.05, 4.69) is 22.4 Å². The number of hydrazone groups is 1. The first-order valence-corrected chi connectivity index (χ1v) is 11.3. The zero-order valence-corrected chi connectivity index (χ0v) is 18.4. The second kappa shape index (κ2) is 8.20. The number of thiophene rings is 1. The Morgan fingerprint density at radius 3 is 3.06 bits per heavy atom. The van der Waals surface area contributed by atoms with E-state index in [1.807, 2.05) is 30.3 Å². The molecule has 2 N–H and O–H groups in total. The van der Waals surface area contributed by atoms with Crippen molar-refractivity contribution < 1.29 is 9.90 Å². The summed E-state index contributed by atoms with van der Waals surface area (Å²) in [7, 11) is 0. The van der Waals surface area contributed by atoms with Crippen LogP contribution in [0.2, 0.25) is 0 Å². The van der Waals surface area contributed by atoms with Crippen LogP contribution in [0, 0.1) is 5.92 Å². The molecular weight excluding hydrogens is 424 g/mol. The summed E-state index contributed by atoms with van der Waals surface area (Å²) in [5.41, 5.74) is 3.87. The summed E-state index contributed by atoms with van der Waals surface area (Å²) >= 11 is 1.59. The van der Waals surface area contributed by atoms with E-state index in [1.54, 1.807) is 17.4 Å². The summed E-state index contributed by atoms with van der Waals surface area (Å²) in [6, 6.07) is 11.0. The van der Waals surface area contributed by atoms with Gasteiger partial charge in [-0.3, -0.25) is 14.2 Å². The van der Waals surface area contributed by atoms with Crippen LogP contribution in [0.1, 0.15) is 29.3 Å². The molecule has 1 aliphatic carbocycles. The predicted molar refractivity (Wildman–Crippen MR) is 126 cm³/mol. The lowest BCUT2D eigenvalue weighted by Gasteiger charge is -2.17. The molecule has 32 heavy (non-hydrogen) atoms. The number of amides is 1. The van der Waals surface area contributed by atoms with Gasteiger partial charge in [-0.2, -0.15) is 5.10 Å². The Morgan fingerprint density at radius 2 is 2.19 bits per heavy atom. The molecule has 1 atom stereocenters.